The van der Waals surface area contributed by atoms with Gasteiger partial charge in [-0.25, -0.2) is 9.35 Å². The highest BCUT2D eigenvalue weighted by Gasteiger charge is 2.44. The number of nitrogens with zero attached hydrogens (tertiary/aromatic N) is 2. The molecule has 6 rings (SSSR count). The van der Waals surface area contributed by atoms with Gasteiger partial charge in [-0.2, -0.15) is 0 Å². The van der Waals surface area contributed by atoms with Gasteiger partial charge in [-0.3, -0.25) is 4.79 Å². The number of hydrogen-bond donors (Lipinski definition) is 1. The third-order valence-corrected chi connectivity index (χ3v) is 11.5. The fraction of sp³-hybridized carbons (Fsp3) is 0.545. The molecule has 2 aromatic rings. The summed E-state index contributed by atoms with van der Waals surface area (Å²) < 4.78 is 35.4. The van der Waals surface area contributed by atoms with E-state index in [1.807, 2.05) is 18.2 Å². The molecule has 2 bridgehead atoms. The number of methoxy groups -OCH3 is 2. The number of halogens is 1. The number of aryl methyl sites for hydroxylation is 1. The number of rotatable bonds is 3. The smallest absolute Gasteiger partial charge is 0.286 e. The Kier molecular flexibility index (Phi) is 8.91. The summed E-state index contributed by atoms with van der Waals surface area (Å²) in [7, 11) is 0.0938. The second kappa shape index (κ2) is 12.5. The quantitative estimate of drug-likeness (QED) is 0.447. The summed E-state index contributed by atoms with van der Waals surface area (Å²) in [6.07, 6.45) is 10.1. The Labute approximate surface area is 260 Å². The highest BCUT2D eigenvalue weighted by atomic mass is 35.5. The van der Waals surface area contributed by atoms with Crippen LogP contribution >= 0.6 is 11.6 Å². The van der Waals surface area contributed by atoms with Gasteiger partial charge in [-0.1, -0.05) is 29.8 Å². The van der Waals surface area contributed by atoms with Crippen molar-refractivity contribution in [2.75, 3.05) is 51.2 Å². The van der Waals surface area contributed by atoms with Crippen LogP contribution in [0.15, 0.2) is 52.9 Å². The second-order valence-corrected chi connectivity index (χ2v) is 15.1. The van der Waals surface area contributed by atoms with Crippen LogP contribution in [0, 0.1) is 17.8 Å². The number of allylic oxidation sites excluding steroid dienone is 1. The molecule has 1 spiro atoms. The fourth-order valence-corrected chi connectivity index (χ4v) is 9.14. The highest BCUT2D eigenvalue weighted by molar-refractivity contribution is 7.91. The number of carbonyl (C=O) groups is 1. The standard InChI is InChI=1S/C33H42ClN3O5S/c1-40-18-22-5-3-7-30(41-2)27-11-8-25(27)17-37-20-33(14-4-6-23-15-26(34)10-12-28(23)33)21-42-31-13-9-24(16-29(31)37)32(38)36-43(35,39)19-22/h3,7,9-10,12-13,15-16,22,25,27,30H,4-6,8,11,14,17-21H2,1-2H3,(H2,35,36,38,39)/b7-3+/t22-,25+,27-,30+,33+,43?/m1/s1. The normalized spacial score (nSPS) is 33.3. The molecule has 2 aliphatic heterocycles. The SMILES string of the molecule is COC[C@H]1C/C=C/[C@H](OC)[C@@H]2CC[C@H]2CN2C[C@@]3(CCCc4cc(Cl)ccc43)COc3ccc(cc32)C(=O)N=S(N)(=O)C1. The molecule has 6 atom stereocenters. The maximum absolute atomic E-state index is 13.4. The van der Waals surface area contributed by atoms with Gasteiger partial charge in [0.15, 0.2) is 0 Å². The third-order valence-electron chi connectivity index (χ3n) is 9.82. The number of anilines is 1. The lowest BCUT2D eigenvalue weighted by Gasteiger charge is -2.46. The van der Waals surface area contributed by atoms with Crippen LogP contribution in [0.2, 0.25) is 5.02 Å². The van der Waals surface area contributed by atoms with E-state index < -0.39 is 15.8 Å². The van der Waals surface area contributed by atoms with Crippen LogP contribution in [0.4, 0.5) is 5.69 Å². The van der Waals surface area contributed by atoms with Crippen LogP contribution in [0.1, 0.15) is 53.6 Å². The van der Waals surface area contributed by atoms with Crippen molar-refractivity contribution in [1.29, 1.82) is 0 Å². The van der Waals surface area contributed by atoms with Crippen molar-refractivity contribution in [3.63, 3.8) is 0 Å². The van der Waals surface area contributed by atoms with E-state index in [4.69, 9.17) is 31.0 Å². The molecule has 0 saturated heterocycles. The van der Waals surface area contributed by atoms with Crippen molar-refractivity contribution in [2.45, 2.75) is 50.0 Å². The second-order valence-electron chi connectivity index (χ2n) is 12.7. The highest BCUT2D eigenvalue weighted by Crippen LogP contribution is 2.47. The topological polar surface area (TPSA) is 103 Å². The van der Waals surface area contributed by atoms with Gasteiger partial charge in [0.05, 0.1) is 30.8 Å². The molecule has 1 saturated carbocycles. The van der Waals surface area contributed by atoms with Gasteiger partial charge in [0, 0.05) is 43.3 Å². The lowest BCUT2D eigenvalue weighted by atomic mass is 9.68. The number of nitrogens with two attached hydrogens (primary N) is 1. The predicted molar refractivity (Wildman–Crippen MR) is 170 cm³/mol. The predicted octanol–water partition coefficient (Wildman–Crippen LogP) is 5.56. The Morgan fingerprint density at radius 1 is 1.21 bits per heavy atom. The van der Waals surface area contributed by atoms with E-state index in [9.17, 15) is 9.00 Å². The van der Waals surface area contributed by atoms with Crippen LogP contribution in [0.3, 0.4) is 0 Å². The van der Waals surface area contributed by atoms with Gasteiger partial charge in [-0.15, -0.1) is 4.36 Å². The minimum Gasteiger partial charge on any atom is -0.490 e. The van der Waals surface area contributed by atoms with Crippen molar-refractivity contribution in [2.24, 2.45) is 27.3 Å². The van der Waals surface area contributed by atoms with Gasteiger partial charge >= 0.3 is 0 Å². The number of ether oxygens (including phenoxy) is 3. The maximum Gasteiger partial charge on any atom is 0.286 e. The number of fused-ring (bicyclic) bond motifs is 4. The first-order valence-electron chi connectivity index (χ1n) is 15.3. The average Bonchev–Trinajstić information content (AvgIpc) is 3.10. The minimum absolute atomic E-state index is 0.0242. The Bertz CT molecular complexity index is 1520. The number of carbonyl (C=O) groups excluding carboxylic acids is 1. The zero-order valence-corrected chi connectivity index (χ0v) is 26.6. The van der Waals surface area contributed by atoms with E-state index in [1.54, 1.807) is 20.3 Å². The molecule has 4 aliphatic rings. The van der Waals surface area contributed by atoms with E-state index in [0.29, 0.717) is 37.0 Å². The molecule has 2 heterocycles. The summed E-state index contributed by atoms with van der Waals surface area (Å²) in [6.45, 7) is 2.48. The first-order valence-corrected chi connectivity index (χ1v) is 17.4. The first kappa shape index (κ1) is 30.6. The molecule has 8 nitrogen and oxygen atoms in total. The Balaban J connectivity index is 1.43. The van der Waals surface area contributed by atoms with Crippen molar-refractivity contribution in [3.8, 4) is 5.75 Å². The molecule has 10 heteroatoms. The van der Waals surface area contributed by atoms with E-state index in [2.05, 4.69) is 33.5 Å². The Hall–Kier alpha value is -2.43. The molecule has 2 aromatic carbocycles. The van der Waals surface area contributed by atoms with E-state index in [0.717, 1.165) is 61.7 Å². The summed E-state index contributed by atoms with van der Waals surface area (Å²) in [4.78, 5) is 15.8. The Morgan fingerprint density at radius 2 is 2.07 bits per heavy atom. The minimum atomic E-state index is -3.28. The van der Waals surface area contributed by atoms with Gasteiger partial charge in [0.25, 0.3) is 5.91 Å². The first-order chi connectivity index (χ1) is 20.7. The maximum atomic E-state index is 13.4. The van der Waals surface area contributed by atoms with Crippen LogP contribution in [0.5, 0.6) is 5.75 Å². The molecule has 2 N–H and O–H groups in total. The number of benzene rings is 2. The average molecular weight is 628 g/mol. The van der Waals surface area contributed by atoms with Gasteiger partial charge in [-0.05, 0) is 97.7 Å². The fourth-order valence-electron chi connectivity index (χ4n) is 7.57. The van der Waals surface area contributed by atoms with Gasteiger partial charge in [0.1, 0.15) is 15.7 Å². The molecule has 0 radical (unpaired) electrons. The third kappa shape index (κ3) is 6.38. The molecular weight excluding hydrogens is 586 g/mol. The summed E-state index contributed by atoms with van der Waals surface area (Å²) in [5.41, 5.74) is 3.59. The van der Waals surface area contributed by atoms with Crippen LogP contribution in [0.25, 0.3) is 0 Å². The van der Waals surface area contributed by atoms with Gasteiger partial charge < -0.3 is 19.1 Å². The zero-order chi connectivity index (χ0) is 30.2. The molecule has 0 aromatic heterocycles. The van der Waals surface area contributed by atoms with Crippen molar-refractivity contribution < 1.29 is 23.2 Å². The lowest BCUT2D eigenvalue weighted by Crippen LogP contribution is -2.49. The number of amides is 1. The largest absolute Gasteiger partial charge is 0.490 e. The van der Waals surface area contributed by atoms with Gasteiger partial charge in [0.2, 0.25) is 0 Å². The number of hydrogen-bond acceptors (Lipinski definition) is 6. The summed E-state index contributed by atoms with van der Waals surface area (Å²) in [6, 6.07) is 11.7. The summed E-state index contributed by atoms with van der Waals surface area (Å²) >= 11 is 6.41. The monoisotopic (exact) mass is 627 g/mol. The van der Waals surface area contributed by atoms with E-state index in [-0.39, 0.29) is 23.2 Å². The molecular formula is C33H42ClN3O5S. The van der Waals surface area contributed by atoms with Crippen LogP contribution < -0.4 is 14.8 Å². The Morgan fingerprint density at radius 3 is 2.84 bits per heavy atom. The molecule has 232 valence electrons. The molecule has 2 aliphatic carbocycles. The van der Waals surface area contributed by atoms with E-state index in [1.165, 1.54) is 11.1 Å². The van der Waals surface area contributed by atoms with E-state index >= 15 is 0 Å². The molecule has 1 fully saturated rings. The van der Waals surface area contributed by atoms with Crippen molar-refractivity contribution in [3.05, 3.63) is 70.3 Å². The van der Waals surface area contributed by atoms with Crippen molar-refractivity contribution in [1.82, 2.24) is 0 Å². The molecule has 1 amide bonds. The summed E-state index contributed by atoms with van der Waals surface area (Å²) in [5.74, 6) is 0.871. The summed E-state index contributed by atoms with van der Waals surface area (Å²) in [5, 5.41) is 6.92. The van der Waals surface area contributed by atoms with Crippen molar-refractivity contribution >= 4 is 33.1 Å². The molecule has 43 heavy (non-hydrogen) atoms. The molecule has 1 unspecified atom stereocenters. The van der Waals surface area contributed by atoms with Crippen LogP contribution in [-0.4, -0.2) is 62.5 Å². The lowest BCUT2D eigenvalue weighted by molar-refractivity contribution is 0.0131. The zero-order valence-electron chi connectivity index (χ0n) is 25.0. The van der Waals surface area contributed by atoms with Crippen LogP contribution in [-0.2, 0) is 31.2 Å².